The molecule has 2 rings (SSSR count). The predicted molar refractivity (Wildman–Crippen MR) is 117 cm³/mol. The number of carbonyl (C=O) groups excluding carboxylic acids is 2. The van der Waals surface area contributed by atoms with Crippen LogP contribution < -0.4 is 16.4 Å². The van der Waals surface area contributed by atoms with Crippen molar-refractivity contribution in [1.82, 2.24) is 20.6 Å². The number of imidazole rings is 1. The molecule has 0 aliphatic rings. The first kappa shape index (κ1) is 24.2. The number of hydrogen-bond acceptors (Lipinski definition) is 7. The first-order valence-electron chi connectivity index (χ1n) is 9.63. The van der Waals surface area contributed by atoms with E-state index in [9.17, 15) is 24.6 Å². The maximum absolute atomic E-state index is 12.9. The molecule has 3 atom stereocenters. The van der Waals surface area contributed by atoms with Crippen LogP contribution >= 0.6 is 11.8 Å². The van der Waals surface area contributed by atoms with Gasteiger partial charge in [0.1, 0.15) is 17.8 Å². The number of nitrogens with two attached hydrogens (primary N) is 1. The minimum absolute atomic E-state index is 0.0132. The molecule has 1 heterocycles. The van der Waals surface area contributed by atoms with Crippen molar-refractivity contribution < 1.29 is 24.6 Å². The second-order valence-electron chi connectivity index (χ2n) is 7.00. The number of thioether (sulfide) groups is 1. The van der Waals surface area contributed by atoms with Gasteiger partial charge >= 0.3 is 5.97 Å². The number of nitrogens with zero attached hydrogens (tertiary/aromatic N) is 1. The fraction of sp³-hybridized carbons (Fsp3) is 0.400. The molecule has 11 heteroatoms. The number of carboxylic acid groups (broad SMARTS) is 1. The molecular weight excluding hydrogens is 422 g/mol. The van der Waals surface area contributed by atoms with Crippen LogP contribution in [0, 0.1) is 0 Å². The van der Waals surface area contributed by atoms with Gasteiger partial charge in [-0.1, -0.05) is 12.1 Å². The number of nitrogens with one attached hydrogen (secondary N) is 3. The minimum Gasteiger partial charge on any atom is -0.508 e. The van der Waals surface area contributed by atoms with Gasteiger partial charge in [0, 0.05) is 24.7 Å². The Hall–Kier alpha value is -3.05. The SMILES string of the molecule is CSCC[C@H](N)C(=O)N[C@@H](Cc1cnc[nH]1)C(=O)N[C@@H](Cc1ccc(O)cc1)C(=O)O. The van der Waals surface area contributed by atoms with Gasteiger partial charge in [-0.05, 0) is 36.1 Å². The van der Waals surface area contributed by atoms with Crippen molar-refractivity contribution in [2.24, 2.45) is 5.73 Å². The highest BCUT2D eigenvalue weighted by Gasteiger charge is 2.28. The fourth-order valence-electron chi connectivity index (χ4n) is 2.82. The highest BCUT2D eigenvalue weighted by Crippen LogP contribution is 2.12. The number of H-pyrrole nitrogens is 1. The third-order valence-electron chi connectivity index (χ3n) is 4.57. The highest BCUT2D eigenvalue weighted by molar-refractivity contribution is 7.98. The van der Waals surface area contributed by atoms with Crippen LogP contribution in [0.1, 0.15) is 17.7 Å². The van der Waals surface area contributed by atoms with Crippen molar-refractivity contribution >= 4 is 29.5 Å². The number of hydrogen-bond donors (Lipinski definition) is 6. The largest absolute Gasteiger partial charge is 0.508 e. The zero-order valence-electron chi connectivity index (χ0n) is 17.1. The summed E-state index contributed by atoms with van der Waals surface area (Å²) in [6.07, 6.45) is 5.42. The molecule has 168 valence electrons. The minimum atomic E-state index is -1.22. The van der Waals surface area contributed by atoms with E-state index in [1.807, 2.05) is 6.26 Å². The van der Waals surface area contributed by atoms with Gasteiger partial charge in [0.05, 0.1) is 12.4 Å². The van der Waals surface area contributed by atoms with Crippen molar-refractivity contribution in [2.45, 2.75) is 37.4 Å². The number of carboxylic acids is 1. The molecular formula is C20H27N5O5S. The molecule has 0 aliphatic carbocycles. The molecule has 0 aliphatic heterocycles. The van der Waals surface area contributed by atoms with E-state index >= 15 is 0 Å². The van der Waals surface area contributed by atoms with Crippen molar-refractivity contribution in [3.8, 4) is 5.75 Å². The van der Waals surface area contributed by atoms with Gasteiger partial charge in [0.25, 0.3) is 0 Å². The second kappa shape index (κ2) is 12.0. The number of aliphatic carboxylic acids is 1. The fourth-order valence-corrected chi connectivity index (χ4v) is 3.31. The van der Waals surface area contributed by atoms with Crippen molar-refractivity contribution in [1.29, 1.82) is 0 Å². The van der Waals surface area contributed by atoms with E-state index in [2.05, 4.69) is 20.6 Å². The third kappa shape index (κ3) is 7.95. The summed E-state index contributed by atoms with van der Waals surface area (Å²) in [4.78, 5) is 43.8. The maximum Gasteiger partial charge on any atom is 0.326 e. The number of benzene rings is 1. The lowest BCUT2D eigenvalue weighted by molar-refractivity contribution is -0.142. The third-order valence-corrected chi connectivity index (χ3v) is 5.22. The van der Waals surface area contributed by atoms with Gasteiger partial charge in [-0.3, -0.25) is 9.59 Å². The monoisotopic (exact) mass is 449 g/mol. The summed E-state index contributed by atoms with van der Waals surface area (Å²) in [5.41, 5.74) is 7.12. The van der Waals surface area contributed by atoms with Crippen LogP contribution in [0.25, 0.3) is 0 Å². The lowest BCUT2D eigenvalue weighted by Gasteiger charge is -2.22. The molecule has 0 bridgehead atoms. The summed E-state index contributed by atoms with van der Waals surface area (Å²) < 4.78 is 0. The van der Waals surface area contributed by atoms with E-state index in [-0.39, 0.29) is 18.6 Å². The maximum atomic E-state index is 12.9. The van der Waals surface area contributed by atoms with E-state index in [4.69, 9.17) is 5.73 Å². The van der Waals surface area contributed by atoms with Gasteiger partial charge in [-0.25, -0.2) is 9.78 Å². The van der Waals surface area contributed by atoms with Crippen LogP contribution in [-0.2, 0) is 27.2 Å². The van der Waals surface area contributed by atoms with Crippen LogP contribution in [0.4, 0.5) is 0 Å². The van der Waals surface area contributed by atoms with Gasteiger partial charge in [-0.2, -0.15) is 11.8 Å². The molecule has 10 nitrogen and oxygen atoms in total. The summed E-state index contributed by atoms with van der Waals surface area (Å²) in [5, 5.41) is 24.0. The standard InChI is InChI=1S/C20H27N5O5S/c1-31-7-6-15(21)18(27)24-16(9-13-10-22-11-23-13)19(28)25-17(20(29)30)8-12-2-4-14(26)5-3-12/h2-5,10-11,15-17,26H,6-9,21H2,1H3,(H,22,23)(H,24,27)(H,25,28)(H,29,30)/t15-,16-,17-/m0/s1. The molecule has 0 unspecified atom stereocenters. The number of rotatable bonds is 12. The van der Waals surface area contributed by atoms with Gasteiger partial charge in [0.15, 0.2) is 0 Å². The number of aromatic nitrogens is 2. The smallest absolute Gasteiger partial charge is 0.326 e. The average molecular weight is 450 g/mol. The van der Waals surface area contributed by atoms with E-state index in [0.717, 1.165) is 0 Å². The predicted octanol–water partition coefficient (Wildman–Crippen LogP) is 0.0351. The van der Waals surface area contributed by atoms with Crippen LogP contribution in [-0.4, -0.2) is 68.1 Å². The van der Waals surface area contributed by atoms with Crippen LogP contribution in [0.5, 0.6) is 5.75 Å². The molecule has 31 heavy (non-hydrogen) atoms. The molecule has 7 N–H and O–H groups in total. The lowest BCUT2D eigenvalue weighted by Crippen LogP contribution is -2.55. The summed E-state index contributed by atoms with van der Waals surface area (Å²) in [5.74, 6) is -1.60. The Balaban J connectivity index is 2.10. The van der Waals surface area contributed by atoms with E-state index in [0.29, 0.717) is 23.4 Å². The molecule has 0 radical (unpaired) electrons. The average Bonchev–Trinajstić information content (AvgIpc) is 3.25. The molecule has 0 spiro atoms. The van der Waals surface area contributed by atoms with Crippen LogP contribution in [0.2, 0.25) is 0 Å². The Morgan fingerprint density at radius 3 is 2.39 bits per heavy atom. The molecule has 2 amide bonds. The molecule has 0 saturated carbocycles. The van der Waals surface area contributed by atoms with Crippen LogP contribution in [0.15, 0.2) is 36.8 Å². The number of phenolic OH excluding ortho intramolecular Hbond substituents is 1. The Kier molecular flexibility index (Phi) is 9.35. The second-order valence-corrected chi connectivity index (χ2v) is 7.99. The van der Waals surface area contributed by atoms with Crippen molar-refractivity contribution in [3.05, 3.63) is 48.0 Å². The van der Waals surface area contributed by atoms with Crippen molar-refractivity contribution in [3.63, 3.8) is 0 Å². The molecule has 1 aromatic carbocycles. The summed E-state index contributed by atoms with van der Waals surface area (Å²) in [6, 6.07) is 2.99. The zero-order valence-corrected chi connectivity index (χ0v) is 17.9. The number of amides is 2. The highest BCUT2D eigenvalue weighted by atomic mass is 32.2. The topological polar surface area (TPSA) is 170 Å². The summed E-state index contributed by atoms with van der Waals surface area (Å²) in [6.45, 7) is 0. The Morgan fingerprint density at radius 1 is 1.13 bits per heavy atom. The molecule has 2 aromatic rings. The Labute approximate surface area is 184 Å². The zero-order chi connectivity index (χ0) is 22.8. The first-order valence-corrected chi connectivity index (χ1v) is 11.0. The quantitative estimate of drug-likeness (QED) is 0.264. The Morgan fingerprint density at radius 2 is 1.81 bits per heavy atom. The molecule has 0 fully saturated rings. The number of phenols is 1. The summed E-state index contributed by atoms with van der Waals surface area (Å²) in [7, 11) is 0. The van der Waals surface area contributed by atoms with E-state index in [1.165, 1.54) is 24.7 Å². The number of aromatic hydroxyl groups is 1. The lowest BCUT2D eigenvalue weighted by atomic mass is 10.0. The van der Waals surface area contributed by atoms with E-state index < -0.39 is 35.9 Å². The normalized spacial score (nSPS) is 13.7. The van der Waals surface area contributed by atoms with Crippen molar-refractivity contribution in [2.75, 3.05) is 12.0 Å². The molecule has 1 aromatic heterocycles. The van der Waals surface area contributed by atoms with Gasteiger partial charge in [0.2, 0.25) is 11.8 Å². The number of aromatic amines is 1. The van der Waals surface area contributed by atoms with Crippen LogP contribution in [0.3, 0.4) is 0 Å². The Bertz CT molecular complexity index is 859. The molecule has 0 saturated heterocycles. The van der Waals surface area contributed by atoms with Gasteiger partial charge < -0.3 is 31.6 Å². The first-order chi connectivity index (χ1) is 14.8. The van der Waals surface area contributed by atoms with E-state index in [1.54, 1.807) is 23.9 Å². The van der Waals surface area contributed by atoms with Gasteiger partial charge in [-0.15, -0.1) is 0 Å². The number of carbonyl (C=O) groups is 3. The summed E-state index contributed by atoms with van der Waals surface area (Å²) >= 11 is 1.56.